The second kappa shape index (κ2) is 6.17. The minimum absolute atomic E-state index is 0.258. The molecule has 1 aromatic carbocycles. The minimum atomic E-state index is -0.459. The summed E-state index contributed by atoms with van der Waals surface area (Å²) in [7, 11) is 0. The first-order valence-electron chi connectivity index (χ1n) is 7.07. The molecule has 3 nitrogen and oxygen atoms in total. The van der Waals surface area contributed by atoms with Crippen LogP contribution in [-0.2, 0) is 4.74 Å². The molecule has 0 radical (unpaired) electrons. The van der Waals surface area contributed by atoms with Crippen LogP contribution in [0.25, 0.3) is 0 Å². The zero-order valence-corrected chi connectivity index (χ0v) is 13.9. The summed E-state index contributed by atoms with van der Waals surface area (Å²) in [6.07, 6.45) is 2.38. The zero-order valence-electron chi connectivity index (χ0n) is 12.4. The molecular weight excluding hydrogens is 318 g/mol. The quantitative estimate of drug-likeness (QED) is 0.602. The lowest BCUT2D eigenvalue weighted by Crippen LogP contribution is -2.35. The molecule has 110 valence electrons. The highest BCUT2D eigenvalue weighted by Gasteiger charge is 2.21. The van der Waals surface area contributed by atoms with Crippen LogP contribution in [0.5, 0.6) is 0 Å². The monoisotopic (exact) mass is 339 g/mol. The van der Waals surface area contributed by atoms with Crippen molar-refractivity contribution in [3.8, 4) is 0 Å². The standard InChI is InChI=1S/C16H22BrNO2/c1-16(2,3)20-15(19)12-6-4-8-14(10-12)18-9-5-7-13(17)11-18/h4,6,8,10,13H,5,7,9,11H2,1-3H3. The smallest absolute Gasteiger partial charge is 0.338 e. The third kappa shape index (κ3) is 4.23. The van der Waals surface area contributed by atoms with Gasteiger partial charge in [-0.2, -0.15) is 0 Å². The van der Waals surface area contributed by atoms with Crippen molar-refractivity contribution in [2.24, 2.45) is 0 Å². The number of hydrogen-bond acceptors (Lipinski definition) is 3. The van der Waals surface area contributed by atoms with Gasteiger partial charge in [0.15, 0.2) is 0 Å². The Morgan fingerprint density at radius 3 is 2.80 bits per heavy atom. The van der Waals surface area contributed by atoms with Crippen molar-refractivity contribution < 1.29 is 9.53 Å². The molecule has 1 fully saturated rings. The maximum absolute atomic E-state index is 12.1. The molecular formula is C16H22BrNO2. The fraction of sp³-hybridized carbons (Fsp3) is 0.562. The maximum Gasteiger partial charge on any atom is 0.338 e. The maximum atomic E-state index is 12.1. The van der Waals surface area contributed by atoms with E-state index in [1.54, 1.807) is 0 Å². The molecule has 0 aromatic heterocycles. The Balaban J connectivity index is 2.13. The number of hydrogen-bond donors (Lipinski definition) is 0. The average molecular weight is 340 g/mol. The first kappa shape index (κ1) is 15.4. The number of carbonyl (C=O) groups is 1. The van der Waals surface area contributed by atoms with E-state index in [9.17, 15) is 4.79 Å². The normalized spacial score (nSPS) is 19.8. The van der Waals surface area contributed by atoms with Gasteiger partial charge in [-0.3, -0.25) is 0 Å². The SMILES string of the molecule is CC(C)(C)OC(=O)c1cccc(N2CCCC(Br)C2)c1. The van der Waals surface area contributed by atoms with Crippen molar-refractivity contribution >= 4 is 27.6 Å². The van der Waals surface area contributed by atoms with Gasteiger partial charge in [-0.25, -0.2) is 4.79 Å². The Hall–Kier alpha value is -1.03. The lowest BCUT2D eigenvalue weighted by atomic mass is 10.1. The molecule has 0 spiro atoms. The molecule has 1 aliphatic rings. The Kier molecular flexibility index (Phi) is 4.74. The van der Waals surface area contributed by atoms with E-state index in [1.807, 2.05) is 39.0 Å². The van der Waals surface area contributed by atoms with E-state index in [0.717, 1.165) is 18.8 Å². The van der Waals surface area contributed by atoms with Crippen LogP contribution in [0.4, 0.5) is 5.69 Å². The van der Waals surface area contributed by atoms with E-state index >= 15 is 0 Å². The fourth-order valence-corrected chi connectivity index (χ4v) is 3.00. The summed E-state index contributed by atoms with van der Waals surface area (Å²) in [5.41, 5.74) is 1.26. The first-order valence-corrected chi connectivity index (χ1v) is 7.99. The number of benzene rings is 1. The number of alkyl halides is 1. The van der Waals surface area contributed by atoms with Crippen LogP contribution in [0.3, 0.4) is 0 Å². The van der Waals surface area contributed by atoms with Crippen LogP contribution < -0.4 is 4.90 Å². The third-order valence-corrected chi connectivity index (χ3v) is 3.96. The number of piperidine rings is 1. The van der Waals surface area contributed by atoms with Gasteiger partial charge in [0.25, 0.3) is 0 Å². The molecule has 0 saturated carbocycles. The highest BCUT2D eigenvalue weighted by atomic mass is 79.9. The molecule has 1 saturated heterocycles. The topological polar surface area (TPSA) is 29.5 Å². The van der Waals surface area contributed by atoms with E-state index in [-0.39, 0.29) is 5.97 Å². The molecule has 1 aliphatic heterocycles. The van der Waals surface area contributed by atoms with Gasteiger partial charge in [0.05, 0.1) is 5.56 Å². The van der Waals surface area contributed by atoms with Gasteiger partial charge in [-0.15, -0.1) is 0 Å². The zero-order chi connectivity index (χ0) is 14.8. The molecule has 4 heteroatoms. The molecule has 0 N–H and O–H groups in total. The summed E-state index contributed by atoms with van der Waals surface area (Å²) in [4.78, 5) is 15.0. The van der Waals surface area contributed by atoms with Gasteiger partial charge in [-0.05, 0) is 51.8 Å². The lowest BCUT2D eigenvalue weighted by Gasteiger charge is -2.32. The van der Waals surface area contributed by atoms with Crippen LogP contribution in [0.2, 0.25) is 0 Å². The van der Waals surface area contributed by atoms with Gasteiger partial charge in [0, 0.05) is 23.6 Å². The van der Waals surface area contributed by atoms with Crippen molar-refractivity contribution in [3.05, 3.63) is 29.8 Å². The van der Waals surface area contributed by atoms with Crippen molar-refractivity contribution in [3.63, 3.8) is 0 Å². The number of nitrogens with zero attached hydrogens (tertiary/aromatic N) is 1. The third-order valence-electron chi connectivity index (χ3n) is 3.21. The highest BCUT2D eigenvalue weighted by molar-refractivity contribution is 9.09. The minimum Gasteiger partial charge on any atom is -0.456 e. The molecule has 1 atom stereocenters. The van der Waals surface area contributed by atoms with Crippen LogP contribution in [0.1, 0.15) is 44.0 Å². The van der Waals surface area contributed by atoms with Crippen molar-refractivity contribution in [1.82, 2.24) is 0 Å². The molecule has 1 unspecified atom stereocenters. The van der Waals surface area contributed by atoms with Crippen LogP contribution in [-0.4, -0.2) is 29.5 Å². The Morgan fingerprint density at radius 1 is 1.40 bits per heavy atom. The molecule has 1 heterocycles. The summed E-state index contributed by atoms with van der Waals surface area (Å²) < 4.78 is 5.42. The Morgan fingerprint density at radius 2 is 2.15 bits per heavy atom. The van der Waals surface area contributed by atoms with Gasteiger partial charge >= 0.3 is 5.97 Å². The Bertz CT molecular complexity index is 482. The van der Waals surface area contributed by atoms with Crippen molar-refractivity contribution in [1.29, 1.82) is 0 Å². The van der Waals surface area contributed by atoms with E-state index in [0.29, 0.717) is 10.4 Å². The van der Waals surface area contributed by atoms with Crippen LogP contribution in [0, 0.1) is 0 Å². The number of rotatable bonds is 2. The van der Waals surface area contributed by atoms with Crippen LogP contribution in [0.15, 0.2) is 24.3 Å². The molecule has 2 rings (SSSR count). The predicted molar refractivity (Wildman–Crippen MR) is 85.8 cm³/mol. The van der Waals surface area contributed by atoms with Crippen molar-refractivity contribution in [2.45, 2.75) is 44.0 Å². The second-order valence-corrected chi connectivity index (χ2v) is 7.53. The van der Waals surface area contributed by atoms with E-state index in [1.165, 1.54) is 12.8 Å². The van der Waals surface area contributed by atoms with Gasteiger partial charge in [0.1, 0.15) is 5.60 Å². The summed E-state index contributed by atoms with van der Waals surface area (Å²) in [6.45, 7) is 7.68. The van der Waals surface area contributed by atoms with E-state index in [4.69, 9.17) is 4.74 Å². The summed E-state index contributed by atoms with van der Waals surface area (Å²) in [5, 5.41) is 0. The molecule has 20 heavy (non-hydrogen) atoms. The summed E-state index contributed by atoms with van der Waals surface area (Å²) >= 11 is 3.68. The number of anilines is 1. The van der Waals surface area contributed by atoms with E-state index in [2.05, 4.69) is 26.9 Å². The number of ether oxygens (including phenoxy) is 1. The molecule has 0 amide bonds. The van der Waals surface area contributed by atoms with E-state index < -0.39 is 5.60 Å². The lowest BCUT2D eigenvalue weighted by molar-refractivity contribution is 0.00696. The Labute approximate surface area is 129 Å². The largest absolute Gasteiger partial charge is 0.456 e. The number of carbonyl (C=O) groups excluding carboxylic acids is 1. The number of esters is 1. The van der Waals surface area contributed by atoms with Gasteiger partial charge in [0.2, 0.25) is 0 Å². The summed E-state index contributed by atoms with van der Waals surface area (Å²) in [6, 6.07) is 7.72. The predicted octanol–water partition coefficient (Wildman–Crippen LogP) is 4.01. The summed E-state index contributed by atoms with van der Waals surface area (Å²) in [5.74, 6) is -0.258. The average Bonchev–Trinajstić information content (AvgIpc) is 2.37. The van der Waals surface area contributed by atoms with Crippen molar-refractivity contribution in [2.75, 3.05) is 18.0 Å². The fourth-order valence-electron chi connectivity index (χ4n) is 2.33. The van der Waals surface area contributed by atoms with Crippen LogP contribution >= 0.6 is 15.9 Å². The first-order chi connectivity index (χ1) is 9.35. The molecule has 1 aromatic rings. The van der Waals surface area contributed by atoms with Gasteiger partial charge in [-0.1, -0.05) is 22.0 Å². The highest BCUT2D eigenvalue weighted by Crippen LogP contribution is 2.24. The molecule has 0 aliphatic carbocycles. The second-order valence-electron chi connectivity index (χ2n) is 6.24. The van der Waals surface area contributed by atoms with Gasteiger partial charge < -0.3 is 9.64 Å². The molecule has 0 bridgehead atoms. The number of halogens is 1.